The van der Waals surface area contributed by atoms with Crippen LogP contribution in [0.15, 0.2) is 0 Å². The molecule has 1 N–H and O–H groups in total. The largest absolute Gasteiger partial charge is 0.466 e. The minimum atomic E-state index is -0.0922. The van der Waals surface area contributed by atoms with E-state index < -0.39 is 0 Å². The van der Waals surface area contributed by atoms with Gasteiger partial charge in [0.2, 0.25) is 5.91 Å². The first-order valence-corrected chi connectivity index (χ1v) is 6.04. The molecule has 0 aliphatic heterocycles. The molecule has 0 bridgehead atoms. The van der Waals surface area contributed by atoms with Crippen LogP contribution < -0.4 is 5.32 Å². The molecule has 0 heterocycles. The molecule has 4 nitrogen and oxygen atoms in total. The van der Waals surface area contributed by atoms with Gasteiger partial charge in [0.25, 0.3) is 0 Å². The molecule has 1 amide bonds. The van der Waals surface area contributed by atoms with Crippen LogP contribution in [0.25, 0.3) is 0 Å². The lowest BCUT2D eigenvalue weighted by Gasteiger charge is -2.28. The van der Waals surface area contributed by atoms with E-state index >= 15 is 0 Å². The summed E-state index contributed by atoms with van der Waals surface area (Å²) in [7, 11) is 0. The Morgan fingerprint density at radius 1 is 1.25 bits per heavy atom. The molecule has 0 radical (unpaired) electrons. The molecule has 0 aromatic heterocycles. The van der Waals surface area contributed by atoms with Crippen LogP contribution in [0.1, 0.15) is 46.0 Å². The monoisotopic (exact) mass is 227 g/mol. The van der Waals surface area contributed by atoms with Crippen molar-refractivity contribution in [2.45, 2.75) is 52.0 Å². The molecular formula is C12H21NO3. The summed E-state index contributed by atoms with van der Waals surface area (Å²) >= 11 is 0. The van der Waals surface area contributed by atoms with Gasteiger partial charge in [0, 0.05) is 19.4 Å². The summed E-state index contributed by atoms with van der Waals surface area (Å²) in [4.78, 5) is 22.1. The van der Waals surface area contributed by atoms with Crippen molar-refractivity contribution in [3.63, 3.8) is 0 Å². The maximum absolute atomic E-state index is 11.3. The van der Waals surface area contributed by atoms with E-state index in [1.807, 2.05) is 6.92 Å². The van der Waals surface area contributed by atoms with Crippen molar-refractivity contribution in [3.05, 3.63) is 0 Å². The second-order valence-corrected chi connectivity index (χ2v) is 4.43. The van der Waals surface area contributed by atoms with Crippen molar-refractivity contribution in [2.75, 3.05) is 6.61 Å². The van der Waals surface area contributed by atoms with Gasteiger partial charge in [-0.1, -0.05) is 0 Å². The highest BCUT2D eigenvalue weighted by molar-refractivity contribution is 5.73. The highest BCUT2D eigenvalue weighted by atomic mass is 16.5. The van der Waals surface area contributed by atoms with E-state index in [0.29, 0.717) is 25.0 Å². The summed E-state index contributed by atoms with van der Waals surface area (Å²) in [5.74, 6) is 0.378. The molecule has 0 spiro atoms. The number of ether oxygens (including phenoxy) is 1. The Morgan fingerprint density at radius 2 is 1.88 bits per heavy atom. The van der Waals surface area contributed by atoms with Gasteiger partial charge in [0.15, 0.2) is 0 Å². The Labute approximate surface area is 96.7 Å². The smallest absolute Gasteiger partial charge is 0.306 e. The van der Waals surface area contributed by atoms with E-state index in [4.69, 9.17) is 4.74 Å². The third-order valence-electron chi connectivity index (χ3n) is 3.01. The Hall–Kier alpha value is -1.06. The molecule has 92 valence electrons. The van der Waals surface area contributed by atoms with Gasteiger partial charge in [-0.15, -0.1) is 0 Å². The predicted octanol–water partition coefficient (Wildman–Crippen LogP) is 1.63. The van der Waals surface area contributed by atoms with E-state index in [1.54, 1.807) is 6.92 Å². The van der Waals surface area contributed by atoms with Gasteiger partial charge in [-0.2, -0.15) is 0 Å². The Morgan fingerprint density at radius 3 is 2.38 bits per heavy atom. The highest BCUT2D eigenvalue weighted by Gasteiger charge is 2.23. The van der Waals surface area contributed by atoms with Crippen LogP contribution in [-0.4, -0.2) is 24.5 Å². The Balaban J connectivity index is 2.21. The lowest BCUT2D eigenvalue weighted by Crippen LogP contribution is -2.36. The van der Waals surface area contributed by atoms with E-state index in [9.17, 15) is 9.59 Å². The second-order valence-electron chi connectivity index (χ2n) is 4.43. The van der Waals surface area contributed by atoms with Gasteiger partial charge < -0.3 is 10.1 Å². The number of carbonyl (C=O) groups excluding carboxylic acids is 2. The van der Waals surface area contributed by atoms with Crippen LogP contribution in [0.3, 0.4) is 0 Å². The van der Waals surface area contributed by atoms with E-state index in [2.05, 4.69) is 5.32 Å². The lowest BCUT2D eigenvalue weighted by atomic mass is 9.84. The first-order valence-electron chi connectivity index (χ1n) is 6.04. The molecule has 4 heteroatoms. The number of nitrogens with one attached hydrogen (secondary N) is 1. The van der Waals surface area contributed by atoms with E-state index in [-0.39, 0.29) is 11.9 Å². The molecule has 1 fully saturated rings. The molecule has 1 aliphatic carbocycles. The summed E-state index contributed by atoms with van der Waals surface area (Å²) in [6, 6.07) is 0.302. The van der Waals surface area contributed by atoms with Gasteiger partial charge in [-0.25, -0.2) is 0 Å². The SMILES string of the molecule is CCOC(=O)CC1CCC(NC(C)=O)CC1. The molecular weight excluding hydrogens is 206 g/mol. The van der Waals surface area contributed by atoms with Crippen LogP contribution in [0.5, 0.6) is 0 Å². The molecule has 0 aromatic carbocycles. The molecule has 1 rings (SSSR count). The predicted molar refractivity (Wildman–Crippen MR) is 60.8 cm³/mol. The number of carbonyl (C=O) groups is 2. The molecule has 0 unspecified atom stereocenters. The first-order chi connectivity index (χ1) is 7.61. The van der Waals surface area contributed by atoms with E-state index in [1.165, 1.54) is 0 Å². The third kappa shape index (κ3) is 4.64. The first kappa shape index (κ1) is 13.0. The van der Waals surface area contributed by atoms with E-state index in [0.717, 1.165) is 25.7 Å². The summed E-state index contributed by atoms with van der Waals surface area (Å²) < 4.78 is 4.93. The summed E-state index contributed by atoms with van der Waals surface area (Å²) in [5, 5.41) is 2.93. The fraction of sp³-hybridized carbons (Fsp3) is 0.833. The highest BCUT2D eigenvalue weighted by Crippen LogP contribution is 2.27. The second kappa shape index (κ2) is 6.51. The molecule has 1 saturated carbocycles. The van der Waals surface area contributed by atoms with Crippen LogP contribution in [-0.2, 0) is 14.3 Å². The maximum Gasteiger partial charge on any atom is 0.306 e. The molecule has 0 aromatic rings. The molecule has 16 heavy (non-hydrogen) atoms. The summed E-state index contributed by atoms with van der Waals surface area (Å²) in [6.45, 7) is 3.83. The third-order valence-corrected chi connectivity index (χ3v) is 3.01. The molecule has 1 aliphatic rings. The number of hydrogen-bond acceptors (Lipinski definition) is 3. The minimum Gasteiger partial charge on any atom is -0.466 e. The van der Waals surface area contributed by atoms with Crippen molar-refractivity contribution in [1.29, 1.82) is 0 Å². The van der Waals surface area contributed by atoms with Crippen molar-refractivity contribution in [1.82, 2.24) is 5.32 Å². The zero-order valence-electron chi connectivity index (χ0n) is 10.1. The van der Waals surface area contributed by atoms with Gasteiger partial charge in [0.1, 0.15) is 0 Å². The summed E-state index contributed by atoms with van der Waals surface area (Å²) in [6.07, 6.45) is 4.49. The molecule has 0 atom stereocenters. The average Bonchev–Trinajstić information content (AvgIpc) is 2.20. The van der Waals surface area contributed by atoms with Crippen LogP contribution in [0.2, 0.25) is 0 Å². The lowest BCUT2D eigenvalue weighted by molar-refractivity contribution is -0.144. The quantitative estimate of drug-likeness (QED) is 0.743. The maximum atomic E-state index is 11.3. The van der Waals surface area contributed by atoms with Gasteiger partial charge in [-0.3, -0.25) is 9.59 Å². The van der Waals surface area contributed by atoms with Crippen molar-refractivity contribution in [2.24, 2.45) is 5.92 Å². The van der Waals surface area contributed by atoms with Crippen LogP contribution >= 0.6 is 0 Å². The number of rotatable bonds is 4. The van der Waals surface area contributed by atoms with Gasteiger partial charge in [0.05, 0.1) is 6.61 Å². The number of amides is 1. The van der Waals surface area contributed by atoms with Crippen molar-refractivity contribution in [3.8, 4) is 0 Å². The van der Waals surface area contributed by atoms with Crippen LogP contribution in [0, 0.1) is 5.92 Å². The zero-order valence-corrected chi connectivity index (χ0v) is 10.1. The van der Waals surface area contributed by atoms with Crippen molar-refractivity contribution < 1.29 is 14.3 Å². The average molecular weight is 227 g/mol. The van der Waals surface area contributed by atoms with Crippen molar-refractivity contribution >= 4 is 11.9 Å². The normalized spacial score (nSPS) is 24.9. The standard InChI is InChI=1S/C12H21NO3/c1-3-16-12(15)8-10-4-6-11(7-5-10)13-9(2)14/h10-11H,3-8H2,1-2H3,(H,13,14). The Kier molecular flexibility index (Phi) is 5.29. The zero-order chi connectivity index (χ0) is 12.0. The molecule has 0 saturated heterocycles. The number of esters is 1. The van der Waals surface area contributed by atoms with Gasteiger partial charge in [-0.05, 0) is 38.5 Å². The fourth-order valence-electron chi connectivity index (χ4n) is 2.25. The number of hydrogen-bond donors (Lipinski definition) is 1. The minimum absolute atomic E-state index is 0.0360. The Bertz CT molecular complexity index is 245. The van der Waals surface area contributed by atoms with Gasteiger partial charge >= 0.3 is 5.97 Å². The van der Waals surface area contributed by atoms with Crippen LogP contribution in [0.4, 0.5) is 0 Å². The topological polar surface area (TPSA) is 55.4 Å². The fourth-order valence-corrected chi connectivity index (χ4v) is 2.25. The summed E-state index contributed by atoms with van der Waals surface area (Å²) in [5.41, 5.74) is 0.